The van der Waals surface area contributed by atoms with Crippen LogP contribution in [-0.4, -0.2) is 43.2 Å². The summed E-state index contributed by atoms with van der Waals surface area (Å²) in [4.78, 5) is 15.5. The molecule has 0 bridgehead atoms. The van der Waals surface area contributed by atoms with Crippen LogP contribution in [0.25, 0.3) is 10.1 Å². The quantitative estimate of drug-likeness (QED) is 0.698. The van der Waals surface area contributed by atoms with Crippen molar-refractivity contribution in [3.8, 4) is 0 Å². The fourth-order valence-electron chi connectivity index (χ4n) is 3.34. The minimum Gasteiger partial charge on any atom is -0.374 e. The van der Waals surface area contributed by atoms with Crippen molar-refractivity contribution in [2.24, 2.45) is 0 Å². The molecule has 0 radical (unpaired) electrons. The van der Waals surface area contributed by atoms with Crippen LogP contribution < -0.4 is 5.32 Å². The number of thiophene rings is 1. The number of fused-ring (bicyclic) bond motifs is 1. The van der Waals surface area contributed by atoms with Crippen molar-refractivity contribution in [3.63, 3.8) is 0 Å². The van der Waals surface area contributed by atoms with E-state index in [0.29, 0.717) is 23.1 Å². The molecule has 1 amide bonds. The average Bonchev–Trinajstić information content (AvgIpc) is 3.04. The Labute approximate surface area is 167 Å². The number of ether oxygens (including phenoxy) is 1. The fraction of sp³-hybridized carbons (Fsp3) is 0.286. The first-order valence-corrected chi connectivity index (χ1v) is 10.2. The minimum atomic E-state index is -0.134. The van der Waals surface area contributed by atoms with Gasteiger partial charge in [-0.15, -0.1) is 11.3 Å². The molecule has 3 aromatic rings. The van der Waals surface area contributed by atoms with E-state index in [0.717, 1.165) is 29.7 Å². The smallest absolute Gasteiger partial charge is 0.263 e. The monoisotopic (exact) mass is 400 g/mol. The Hall–Kier alpha value is -1.92. The van der Waals surface area contributed by atoms with Crippen LogP contribution in [0.1, 0.15) is 15.2 Å². The predicted octanol–water partition coefficient (Wildman–Crippen LogP) is 4.19. The number of carbonyl (C=O) groups is 1. The summed E-state index contributed by atoms with van der Waals surface area (Å²) in [5.41, 5.74) is 1.29. The van der Waals surface area contributed by atoms with Crippen LogP contribution in [0.3, 0.4) is 0 Å². The van der Waals surface area contributed by atoms with Crippen LogP contribution in [-0.2, 0) is 11.3 Å². The highest BCUT2D eigenvalue weighted by Crippen LogP contribution is 2.34. The Kier molecular flexibility index (Phi) is 5.74. The number of amides is 1. The van der Waals surface area contributed by atoms with Crippen molar-refractivity contribution >= 4 is 38.9 Å². The van der Waals surface area contributed by atoms with Crippen LogP contribution in [0, 0.1) is 0 Å². The summed E-state index contributed by atoms with van der Waals surface area (Å²) >= 11 is 7.82. The molecule has 140 valence electrons. The molecule has 1 aromatic heterocycles. The number of hydrogen-bond donors (Lipinski definition) is 1. The molecule has 0 aliphatic carbocycles. The van der Waals surface area contributed by atoms with Gasteiger partial charge in [0, 0.05) is 36.3 Å². The highest BCUT2D eigenvalue weighted by atomic mass is 35.5. The summed E-state index contributed by atoms with van der Waals surface area (Å²) in [7, 11) is 0. The van der Waals surface area contributed by atoms with E-state index >= 15 is 0 Å². The third-order valence-electron chi connectivity index (χ3n) is 4.70. The molecule has 2 heterocycles. The lowest BCUT2D eigenvalue weighted by Gasteiger charge is -2.33. The van der Waals surface area contributed by atoms with Crippen LogP contribution in [0.15, 0.2) is 54.6 Å². The second kappa shape index (κ2) is 8.40. The van der Waals surface area contributed by atoms with Crippen LogP contribution in [0.2, 0.25) is 5.02 Å². The van der Waals surface area contributed by atoms with E-state index in [2.05, 4.69) is 34.5 Å². The lowest BCUT2D eigenvalue weighted by Crippen LogP contribution is -2.47. The molecule has 1 fully saturated rings. The van der Waals surface area contributed by atoms with Crippen LogP contribution in [0.4, 0.5) is 0 Å². The van der Waals surface area contributed by atoms with Gasteiger partial charge >= 0.3 is 0 Å². The SMILES string of the molecule is O=C(NCC1CN(Cc2ccccc2)CCO1)c1sc2ccccc2c1Cl. The largest absolute Gasteiger partial charge is 0.374 e. The van der Waals surface area contributed by atoms with Crippen molar-refractivity contribution in [1.82, 2.24) is 10.2 Å². The topological polar surface area (TPSA) is 41.6 Å². The zero-order valence-corrected chi connectivity index (χ0v) is 16.4. The Morgan fingerprint density at radius 1 is 1.19 bits per heavy atom. The molecule has 1 aliphatic heterocycles. The summed E-state index contributed by atoms with van der Waals surface area (Å²) in [5.74, 6) is -0.134. The number of nitrogens with one attached hydrogen (secondary N) is 1. The highest BCUT2D eigenvalue weighted by Gasteiger charge is 2.23. The van der Waals surface area contributed by atoms with Crippen molar-refractivity contribution < 1.29 is 9.53 Å². The fourth-order valence-corrected chi connectivity index (χ4v) is 4.77. The highest BCUT2D eigenvalue weighted by molar-refractivity contribution is 7.21. The number of nitrogens with zero attached hydrogens (tertiary/aromatic N) is 1. The number of morpholine rings is 1. The maximum Gasteiger partial charge on any atom is 0.263 e. The van der Waals surface area contributed by atoms with E-state index < -0.39 is 0 Å². The van der Waals surface area contributed by atoms with E-state index in [4.69, 9.17) is 16.3 Å². The molecular formula is C21H21ClN2O2S. The van der Waals surface area contributed by atoms with Crippen molar-refractivity contribution in [2.45, 2.75) is 12.6 Å². The second-order valence-electron chi connectivity index (χ2n) is 6.66. The average molecular weight is 401 g/mol. The number of benzene rings is 2. The lowest BCUT2D eigenvalue weighted by molar-refractivity contribution is -0.0292. The first kappa shape index (κ1) is 18.4. The molecule has 1 atom stereocenters. The van der Waals surface area contributed by atoms with Crippen LogP contribution >= 0.6 is 22.9 Å². The van der Waals surface area contributed by atoms with E-state index in [9.17, 15) is 4.79 Å². The van der Waals surface area contributed by atoms with Crippen LogP contribution in [0.5, 0.6) is 0 Å². The Bertz CT molecular complexity index is 928. The van der Waals surface area contributed by atoms with Crippen molar-refractivity contribution in [2.75, 3.05) is 26.2 Å². The third kappa shape index (κ3) is 4.33. The summed E-state index contributed by atoms with van der Waals surface area (Å²) in [6.45, 7) is 3.76. The first-order chi connectivity index (χ1) is 13.2. The molecular weight excluding hydrogens is 380 g/mol. The van der Waals surface area contributed by atoms with Gasteiger partial charge in [-0.25, -0.2) is 0 Å². The molecule has 1 N–H and O–H groups in total. The molecule has 1 saturated heterocycles. The number of hydrogen-bond acceptors (Lipinski definition) is 4. The summed E-state index contributed by atoms with van der Waals surface area (Å²) in [5, 5.41) is 4.45. The van der Waals surface area contributed by atoms with Gasteiger partial charge in [-0.3, -0.25) is 9.69 Å². The molecule has 1 aliphatic rings. The first-order valence-electron chi connectivity index (χ1n) is 9.04. The standard InChI is InChI=1S/C21H21ClN2O2S/c22-19-17-8-4-5-9-18(17)27-20(19)21(25)23-12-16-14-24(10-11-26-16)13-15-6-2-1-3-7-15/h1-9,16H,10-14H2,(H,23,25). The Morgan fingerprint density at radius 3 is 2.78 bits per heavy atom. The summed E-state index contributed by atoms with van der Waals surface area (Å²) in [6.07, 6.45) is -0.0143. The van der Waals surface area contributed by atoms with Gasteiger partial charge in [0.2, 0.25) is 0 Å². The molecule has 4 nitrogen and oxygen atoms in total. The molecule has 0 saturated carbocycles. The van der Waals surface area contributed by atoms with Gasteiger partial charge in [-0.05, 0) is 11.6 Å². The zero-order chi connectivity index (χ0) is 18.6. The van der Waals surface area contributed by atoms with Gasteiger partial charge in [-0.1, -0.05) is 60.1 Å². The molecule has 6 heteroatoms. The van der Waals surface area contributed by atoms with Gasteiger partial charge in [0.05, 0.1) is 17.7 Å². The molecule has 1 unspecified atom stereocenters. The number of carbonyl (C=O) groups excluding carboxylic acids is 1. The van der Waals surface area contributed by atoms with E-state index in [1.54, 1.807) is 0 Å². The molecule has 0 spiro atoms. The normalized spacial score (nSPS) is 17.9. The van der Waals surface area contributed by atoms with E-state index in [-0.39, 0.29) is 12.0 Å². The molecule has 27 heavy (non-hydrogen) atoms. The third-order valence-corrected chi connectivity index (χ3v) is 6.38. The predicted molar refractivity (Wildman–Crippen MR) is 111 cm³/mol. The Morgan fingerprint density at radius 2 is 1.96 bits per heavy atom. The molecule has 4 rings (SSSR count). The van der Waals surface area contributed by atoms with Gasteiger partial charge in [0.1, 0.15) is 4.88 Å². The van der Waals surface area contributed by atoms with Gasteiger partial charge in [-0.2, -0.15) is 0 Å². The van der Waals surface area contributed by atoms with Gasteiger partial charge < -0.3 is 10.1 Å². The number of rotatable bonds is 5. The Balaban J connectivity index is 1.35. The van der Waals surface area contributed by atoms with E-state index in [1.807, 2.05) is 30.3 Å². The van der Waals surface area contributed by atoms with Gasteiger partial charge in [0.25, 0.3) is 5.91 Å². The number of halogens is 1. The van der Waals surface area contributed by atoms with Crippen molar-refractivity contribution in [1.29, 1.82) is 0 Å². The summed E-state index contributed by atoms with van der Waals surface area (Å²) < 4.78 is 6.86. The second-order valence-corrected chi connectivity index (χ2v) is 8.10. The van der Waals surface area contributed by atoms with Gasteiger partial charge in [0.15, 0.2) is 0 Å². The lowest BCUT2D eigenvalue weighted by atomic mass is 10.2. The molecule has 2 aromatic carbocycles. The zero-order valence-electron chi connectivity index (χ0n) is 14.9. The van der Waals surface area contributed by atoms with E-state index in [1.165, 1.54) is 16.9 Å². The maximum absolute atomic E-state index is 12.6. The maximum atomic E-state index is 12.6. The summed E-state index contributed by atoms with van der Waals surface area (Å²) in [6, 6.07) is 18.2. The minimum absolute atomic E-state index is 0.0143. The van der Waals surface area contributed by atoms with Crippen molar-refractivity contribution in [3.05, 3.63) is 70.1 Å².